The highest BCUT2D eigenvalue weighted by atomic mass is 14.8. The van der Waals surface area contributed by atoms with E-state index in [1.54, 1.807) is 0 Å². The van der Waals surface area contributed by atoms with Crippen molar-refractivity contribution in [1.82, 2.24) is 4.98 Å². The number of rotatable bonds is 3. The summed E-state index contributed by atoms with van der Waals surface area (Å²) in [5.74, 6) is 0.755. The lowest BCUT2D eigenvalue weighted by Gasteiger charge is -2.17. The van der Waals surface area contributed by atoms with Gasteiger partial charge >= 0.3 is 0 Å². The predicted molar refractivity (Wildman–Crippen MR) is 76.7 cm³/mol. The Morgan fingerprint density at radius 3 is 2.58 bits per heavy atom. The number of aromatic nitrogens is 1. The van der Waals surface area contributed by atoms with Gasteiger partial charge in [-0.05, 0) is 59.9 Å². The van der Waals surface area contributed by atoms with E-state index in [1.807, 2.05) is 12.4 Å². The van der Waals surface area contributed by atoms with Crippen LogP contribution in [0.15, 0.2) is 42.7 Å². The Morgan fingerprint density at radius 2 is 1.84 bits per heavy atom. The van der Waals surface area contributed by atoms with Gasteiger partial charge in [-0.25, -0.2) is 0 Å². The van der Waals surface area contributed by atoms with Crippen molar-refractivity contribution in [2.75, 3.05) is 0 Å². The molecule has 2 nitrogen and oxygen atoms in total. The van der Waals surface area contributed by atoms with Gasteiger partial charge in [0.2, 0.25) is 0 Å². The zero-order chi connectivity index (χ0) is 12.9. The summed E-state index contributed by atoms with van der Waals surface area (Å²) in [6.07, 6.45) is 8.66. The van der Waals surface area contributed by atoms with E-state index in [0.29, 0.717) is 0 Å². The molecule has 0 saturated heterocycles. The van der Waals surface area contributed by atoms with Gasteiger partial charge in [-0.3, -0.25) is 4.98 Å². The highest BCUT2D eigenvalue weighted by Gasteiger charge is 2.42. The summed E-state index contributed by atoms with van der Waals surface area (Å²) in [4.78, 5) is 4.29. The lowest BCUT2D eigenvalue weighted by atomic mass is 9.91. The van der Waals surface area contributed by atoms with Crippen LogP contribution < -0.4 is 5.73 Å². The van der Waals surface area contributed by atoms with Crippen molar-refractivity contribution in [2.45, 2.75) is 37.1 Å². The van der Waals surface area contributed by atoms with Gasteiger partial charge in [-0.2, -0.15) is 0 Å². The van der Waals surface area contributed by atoms with E-state index in [4.69, 9.17) is 5.73 Å². The second-order valence-electron chi connectivity index (χ2n) is 5.94. The Morgan fingerprint density at radius 1 is 1.05 bits per heavy atom. The smallest absolute Gasteiger partial charge is 0.0432 e. The molecule has 0 radical (unpaired) electrons. The van der Waals surface area contributed by atoms with E-state index in [2.05, 4.69) is 35.3 Å². The summed E-state index contributed by atoms with van der Waals surface area (Å²) in [6.45, 7) is 0. The summed E-state index contributed by atoms with van der Waals surface area (Å²) in [7, 11) is 0. The average Bonchev–Trinajstić information content (AvgIpc) is 3.35. The Balaban J connectivity index is 1.89. The van der Waals surface area contributed by atoms with Gasteiger partial charge in [-0.1, -0.05) is 24.3 Å². The molecule has 2 aliphatic rings. The van der Waals surface area contributed by atoms with Crippen molar-refractivity contribution < 1.29 is 0 Å². The highest BCUT2D eigenvalue weighted by molar-refractivity contribution is 5.73. The van der Waals surface area contributed by atoms with E-state index in [1.165, 1.54) is 35.1 Å². The van der Waals surface area contributed by atoms with Crippen LogP contribution in [0.25, 0.3) is 11.1 Å². The number of hydrogen-bond donors (Lipinski definition) is 1. The molecule has 1 aromatic heterocycles. The molecule has 1 aromatic carbocycles. The molecule has 2 fully saturated rings. The maximum absolute atomic E-state index is 6.41. The predicted octanol–water partition coefficient (Wildman–Crippen LogP) is 3.57. The molecular formula is C17H18N2. The molecule has 0 atom stereocenters. The first kappa shape index (κ1) is 11.2. The van der Waals surface area contributed by atoms with Crippen molar-refractivity contribution in [2.24, 2.45) is 5.73 Å². The zero-order valence-corrected chi connectivity index (χ0v) is 11.0. The van der Waals surface area contributed by atoms with Crippen LogP contribution in [-0.2, 0) is 5.54 Å². The van der Waals surface area contributed by atoms with E-state index in [-0.39, 0.29) is 5.54 Å². The quantitative estimate of drug-likeness (QED) is 0.904. The van der Waals surface area contributed by atoms with Gasteiger partial charge < -0.3 is 5.73 Å². The number of benzene rings is 1. The summed E-state index contributed by atoms with van der Waals surface area (Å²) in [6, 6.07) is 10.9. The van der Waals surface area contributed by atoms with Crippen LogP contribution in [0.2, 0.25) is 0 Å². The van der Waals surface area contributed by atoms with Crippen LogP contribution in [0.4, 0.5) is 0 Å². The fourth-order valence-electron chi connectivity index (χ4n) is 2.92. The van der Waals surface area contributed by atoms with Crippen LogP contribution in [-0.4, -0.2) is 4.98 Å². The lowest BCUT2D eigenvalue weighted by Crippen LogP contribution is -2.20. The maximum atomic E-state index is 6.41. The molecule has 2 aromatic rings. The first-order valence-electron chi connectivity index (χ1n) is 7.11. The van der Waals surface area contributed by atoms with Gasteiger partial charge in [0.05, 0.1) is 0 Å². The molecule has 0 unspecified atom stereocenters. The molecule has 2 N–H and O–H groups in total. The molecule has 1 heterocycles. The van der Waals surface area contributed by atoms with Crippen LogP contribution in [0, 0.1) is 0 Å². The molecule has 19 heavy (non-hydrogen) atoms. The Labute approximate surface area is 113 Å². The molecule has 0 amide bonds. The third-order valence-electron chi connectivity index (χ3n) is 4.41. The van der Waals surface area contributed by atoms with Gasteiger partial charge in [0, 0.05) is 17.9 Å². The second kappa shape index (κ2) is 3.91. The molecule has 0 bridgehead atoms. The number of hydrogen-bond acceptors (Lipinski definition) is 2. The van der Waals surface area contributed by atoms with Crippen molar-refractivity contribution in [3.05, 3.63) is 53.9 Å². The minimum absolute atomic E-state index is 0.125. The fraction of sp³-hybridized carbons (Fsp3) is 0.353. The SMILES string of the molecule is NC1(c2cnccc2-c2ccccc2C2CC2)CC1. The van der Waals surface area contributed by atoms with Gasteiger partial charge in [-0.15, -0.1) is 0 Å². The van der Waals surface area contributed by atoms with Crippen molar-refractivity contribution in [1.29, 1.82) is 0 Å². The molecule has 96 valence electrons. The third-order valence-corrected chi connectivity index (χ3v) is 4.41. The standard InChI is InChI=1S/C17H18N2/c18-17(8-9-17)16-11-19-10-7-15(16)14-4-2-1-3-13(14)12-5-6-12/h1-4,7,10-12H,5-6,8-9,18H2. The monoisotopic (exact) mass is 250 g/mol. The van der Waals surface area contributed by atoms with Crippen LogP contribution in [0.5, 0.6) is 0 Å². The minimum Gasteiger partial charge on any atom is -0.321 e. The Hall–Kier alpha value is -1.67. The molecule has 2 heteroatoms. The van der Waals surface area contributed by atoms with Gasteiger partial charge in [0.25, 0.3) is 0 Å². The van der Waals surface area contributed by atoms with E-state index < -0.39 is 0 Å². The molecular weight excluding hydrogens is 232 g/mol. The highest BCUT2D eigenvalue weighted by Crippen LogP contribution is 2.49. The second-order valence-corrected chi connectivity index (χ2v) is 5.94. The molecule has 0 aliphatic heterocycles. The van der Waals surface area contributed by atoms with Gasteiger partial charge in [0.1, 0.15) is 0 Å². The van der Waals surface area contributed by atoms with E-state index in [9.17, 15) is 0 Å². The first-order valence-corrected chi connectivity index (χ1v) is 7.11. The third kappa shape index (κ3) is 1.87. The number of nitrogens with two attached hydrogens (primary N) is 1. The van der Waals surface area contributed by atoms with Crippen LogP contribution >= 0.6 is 0 Å². The van der Waals surface area contributed by atoms with Crippen molar-refractivity contribution >= 4 is 0 Å². The van der Waals surface area contributed by atoms with Gasteiger partial charge in [0.15, 0.2) is 0 Å². The summed E-state index contributed by atoms with van der Waals surface area (Å²) >= 11 is 0. The summed E-state index contributed by atoms with van der Waals surface area (Å²) in [5.41, 5.74) is 11.6. The van der Waals surface area contributed by atoms with Crippen LogP contribution in [0.3, 0.4) is 0 Å². The molecule has 4 rings (SSSR count). The average molecular weight is 250 g/mol. The van der Waals surface area contributed by atoms with E-state index in [0.717, 1.165) is 18.8 Å². The molecule has 0 spiro atoms. The first-order chi connectivity index (χ1) is 9.28. The molecule has 2 aliphatic carbocycles. The minimum atomic E-state index is -0.125. The largest absolute Gasteiger partial charge is 0.321 e. The number of pyridine rings is 1. The van der Waals surface area contributed by atoms with Crippen molar-refractivity contribution in [3.8, 4) is 11.1 Å². The zero-order valence-electron chi connectivity index (χ0n) is 11.0. The lowest BCUT2D eigenvalue weighted by molar-refractivity contribution is 0.737. The maximum Gasteiger partial charge on any atom is 0.0432 e. The Bertz CT molecular complexity index is 625. The van der Waals surface area contributed by atoms with Crippen molar-refractivity contribution in [3.63, 3.8) is 0 Å². The summed E-state index contributed by atoms with van der Waals surface area (Å²) < 4.78 is 0. The number of nitrogens with zero attached hydrogens (tertiary/aromatic N) is 1. The Kier molecular flexibility index (Phi) is 2.30. The molecule has 2 saturated carbocycles. The summed E-state index contributed by atoms with van der Waals surface area (Å²) in [5, 5.41) is 0. The normalized spacial score (nSPS) is 20.3. The van der Waals surface area contributed by atoms with E-state index >= 15 is 0 Å². The topological polar surface area (TPSA) is 38.9 Å². The fourth-order valence-corrected chi connectivity index (χ4v) is 2.92. The van der Waals surface area contributed by atoms with Crippen LogP contribution in [0.1, 0.15) is 42.7 Å².